The van der Waals surface area contributed by atoms with Crippen LogP contribution in [-0.2, 0) is 11.2 Å². The molecule has 2 rings (SSSR count). The maximum absolute atomic E-state index is 11.4. The van der Waals surface area contributed by atoms with Crippen molar-refractivity contribution in [1.82, 2.24) is 0 Å². The van der Waals surface area contributed by atoms with Gasteiger partial charge in [0, 0.05) is 10.0 Å². The predicted molar refractivity (Wildman–Crippen MR) is 73.2 cm³/mol. The number of carboxylic acid groups (broad SMARTS) is 1. The minimum absolute atomic E-state index is 0.286. The largest absolute Gasteiger partial charge is 0.481 e. The predicted octanol–water partition coefficient (Wildman–Crippen LogP) is 4.43. The van der Waals surface area contributed by atoms with Gasteiger partial charge in [0.15, 0.2) is 0 Å². The number of aliphatic carboxylic acids is 1. The Balaban J connectivity index is 2.15. The molecule has 18 heavy (non-hydrogen) atoms. The Bertz CT molecular complexity index is 439. The van der Waals surface area contributed by atoms with Crippen molar-refractivity contribution in [2.45, 2.75) is 32.1 Å². The van der Waals surface area contributed by atoms with Crippen LogP contribution in [0.5, 0.6) is 0 Å². The molecule has 1 N–H and O–H groups in total. The smallest absolute Gasteiger partial charge is 0.307 e. The fourth-order valence-electron chi connectivity index (χ4n) is 2.74. The SMILES string of the molecule is O=C(O)C(Cc1ccc(Cl)cc1Cl)C1CCCC1. The van der Waals surface area contributed by atoms with Gasteiger partial charge in [-0.3, -0.25) is 4.79 Å². The fraction of sp³-hybridized carbons (Fsp3) is 0.500. The van der Waals surface area contributed by atoms with E-state index in [1.807, 2.05) is 6.07 Å². The van der Waals surface area contributed by atoms with Gasteiger partial charge in [-0.1, -0.05) is 42.1 Å². The van der Waals surface area contributed by atoms with Crippen LogP contribution < -0.4 is 0 Å². The molecule has 0 heterocycles. The third-order valence-electron chi connectivity index (χ3n) is 3.74. The molecule has 0 aliphatic heterocycles. The zero-order valence-corrected chi connectivity index (χ0v) is 11.5. The molecule has 1 unspecified atom stereocenters. The van der Waals surface area contributed by atoms with Crippen molar-refractivity contribution in [1.29, 1.82) is 0 Å². The van der Waals surface area contributed by atoms with Crippen LogP contribution in [0.1, 0.15) is 31.2 Å². The summed E-state index contributed by atoms with van der Waals surface area (Å²) in [5.74, 6) is -0.756. The summed E-state index contributed by atoms with van der Waals surface area (Å²) in [6.07, 6.45) is 4.81. The van der Waals surface area contributed by atoms with Gasteiger partial charge in [-0.2, -0.15) is 0 Å². The van der Waals surface area contributed by atoms with Crippen LogP contribution in [0.2, 0.25) is 10.0 Å². The van der Waals surface area contributed by atoms with Crippen LogP contribution in [0.4, 0.5) is 0 Å². The lowest BCUT2D eigenvalue weighted by atomic mass is 9.86. The number of hydrogen-bond acceptors (Lipinski definition) is 1. The Morgan fingerprint density at radius 2 is 2.00 bits per heavy atom. The molecule has 1 aliphatic rings. The minimum atomic E-state index is -0.715. The first-order chi connectivity index (χ1) is 8.58. The van der Waals surface area contributed by atoms with Crippen LogP contribution in [-0.4, -0.2) is 11.1 Å². The van der Waals surface area contributed by atoms with E-state index in [4.69, 9.17) is 23.2 Å². The normalized spacial score (nSPS) is 17.9. The molecular weight excluding hydrogens is 271 g/mol. The van der Waals surface area contributed by atoms with E-state index >= 15 is 0 Å². The zero-order valence-electron chi connectivity index (χ0n) is 10.0. The third kappa shape index (κ3) is 3.18. The average molecular weight is 287 g/mol. The molecule has 0 saturated heterocycles. The molecule has 1 aromatic carbocycles. The van der Waals surface area contributed by atoms with E-state index in [0.717, 1.165) is 31.2 Å². The van der Waals surface area contributed by atoms with E-state index in [1.165, 1.54) is 0 Å². The lowest BCUT2D eigenvalue weighted by Crippen LogP contribution is -2.24. The third-order valence-corrected chi connectivity index (χ3v) is 4.33. The standard InChI is InChI=1S/C14H16Cl2O2/c15-11-6-5-10(13(16)8-11)7-12(14(17)18)9-3-1-2-4-9/h5-6,8-9,12H,1-4,7H2,(H,17,18). The average Bonchev–Trinajstić information content (AvgIpc) is 2.80. The van der Waals surface area contributed by atoms with Crippen molar-refractivity contribution in [3.05, 3.63) is 33.8 Å². The first kappa shape index (κ1) is 13.7. The molecule has 1 atom stereocenters. The highest BCUT2D eigenvalue weighted by molar-refractivity contribution is 6.35. The van der Waals surface area contributed by atoms with E-state index in [9.17, 15) is 9.90 Å². The first-order valence-corrected chi connectivity index (χ1v) is 7.00. The maximum atomic E-state index is 11.4. The van der Waals surface area contributed by atoms with E-state index in [2.05, 4.69) is 0 Å². The summed E-state index contributed by atoms with van der Waals surface area (Å²) in [5, 5.41) is 10.5. The second kappa shape index (κ2) is 5.94. The number of rotatable bonds is 4. The minimum Gasteiger partial charge on any atom is -0.481 e. The van der Waals surface area contributed by atoms with E-state index in [0.29, 0.717) is 16.5 Å². The molecule has 1 aromatic rings. The lowest BCUT2D eigenvalue weighted by molar-refractivity contribution is -0.143. The van der Waals surface area contributed by atoms with E-state index in [1.54, 1.807) is 12.1 Å². The summed E-state index contributed by atoms with van der Waals surface area (Å²) >= 11 is 11.9. The topological polar surface area (TPSA) is 37.3 Å². The van der Waals surface area contributed by atoms with Crippen LogP contribution in [0, 0.1) is 11.8 Å². The first-order valence-electron chi connectivity index (χ1n) is 6.24. The second-order valence-electron chi connectivity index (χ2n) is 4.93. The van der Waals surface area contributed by atoms with Crippen molar-refractivity contribution in [3.8, 4) is 0 Å². The maximum Gasteiger partial charge on any atom is 0.307 e. The number of carbonyl (C=O) groups is 1. The lowest BCUT2D eigenvalue weighted by Gasteiger charge is -2.19. The second-order valence-corrected chi connectivity index (χ2v) is 5.77. The van der Waals surface area contributed by atoms with Gasteiger partial charge >= 0.3 is 5.97 Å². The van der Waals surface area contributed by atoms with E-state index < -0.39 is 5.97 Å². The summed E-state index contributed by atoms with van der Waals surface area (Å²) in [6, 6.07) is 5.26. The van der Waals surface area contributed by atoms with Gasteiger partial charge in [-0.25, -0.2) is 0 Å². The quantitative estimate of drug-likeness (QED) is 0.889. The highest BCUT2D eigenvalue weighted by Gasteiger charge is 2.30. The van der Waals surface area contributed by atoms with Gasteiger partial charge in [0.05, 0.1) is 5.92 Å². The van der Waals surface area contributed by atoms with Crippen LogP contribution in [0.3, 0.4) is 0 Å². The summed E-state index contributed by atoms with van der Waals surface area (Å²) in [5.41, 5.74) is 0.875. The molecule has 98 valence electrons. The molecule has 0 radical (unpaired) electrons. The van der Waals surface area contributed by atoms with Gasteiger partial charge < -0.3 is 5.11 Å². The Morgan fingerprint density at radius 1 is 1.33 bits per heavy atom. The molecule has 1 saturated carbocycles. The Labute approximate surface area is 117 Å². The van der Waals surface area contributed by atoms with Crippen molar-refractivity contribution < 1.29 is 9.90 Å². The van der Waals surface area contributed by atoms with Gasteiger partial charge in [0.2, 0.25) is 0 Å². The Morgan fingerprint density at radius 3 is 2.56 bits per heavy atom. The summed E-state index contributed by atoms with van der Waals surface area (Å²) in [6.45, 7) is 0. The monoisotopic (exact) mass is 286 g/mol. The highest BCUT2D eigenvalue weighted by atomic mass is 35.5. The molecule has 0 amide bonds. The number of carboxylic acids is 1. The fourth-order valence-corrected chi connectivity index (χ4v) is 3.23. The Hall–Kier alpha value is -0.730. The van der Waals surface area contributed by atoms with E-state index in [-0.39, 0.29) is 11.8 Å². The van der Waals surface area contributed by atoms with Gasteiger partial charge in [-0.05, 0) is 42.9 Å². The zero-order chi connectivity index (χ0) is 13.1. The van der Waals surface area contributed by atoms with Crippen LogP contribution >= 0.6 is 23.2 Å². The number of benzene rings is 1. The van der Waals surface area contributed by atoms with Crippen LogP contribution in [0.15, 0.2) is 18.2 Å². The molecule has 0 bridgehead atoms. The molecule has 1 aliphatic carbocycles. The van der Waals surface area contributed by atoms with Gasteiger partial charge in [0.1, 0.15) is 0 Å². The molecule has 0 aromatic heterocycles. The van der Waals surface area contributed by atoms with Crippen molar-refractivity contribution in [3.63, 3.8) is 0 Å². The molecule has 1 fully saturated rings. The molecule has 2 nitrogen and oxygen atoms in total. The summed E-state index contributed by atoms with van der Waals surface area (Å²) in [4.78, 5) is 11.4. The van der Waals surface area contributed by atoms with Gasteiger partial charge in [0.25, 0.3) is 0 Å². The van der Waals surface area contributed by atoms with Crippen molar-refractivity contribution >= 4 is 29.2 Å². The number of halogens is 2. The van der Waals surface area contributed by atoms with Crippen molar-refractivity contribution in [2.75, 3.05) is 0 Å². The van der Waals surface area contributed by atoms with Gasteiger partial charge in [-0.15, -0.1) is 0 Å². The molecule has 4 heteroatoms. The Kier molecular flexibility index (Phi) is 4.52. The summed E-state index contributed by atoms with van der Waals surface area (Å²) < 4.78 is 0. The van der Waals surface area contributed by atoms with Crippen LogP contribution in [0.25, 0.3) is 0 Å². The number of hydrogen-bond donors (Lipinski definition) is 1. The summed E-state index contributed by atoms with van der Waals surface area (Å²) in [7, 11) is 0. The molecular formula is C14H16Cl2O2. The highest BCUT2D eigenvalue weighted by Crippen LogP contribution is 2.35. The molecule has 0 spiro atoms. The van der Waals surface area contributed by atoms with Crippen molar-refractivity contribution in [2.24, 2.45) is 11.8 Å².